The molecule has 0 bridgehead atoms. The monoisotopic (exact) mass is 214 g/mol. The van der Waals surface area contributed by atoms with Crippen molar-refractivity contribution < 1.29 is 5.11 Å². The van der Waals surface area contributed by atoms with Crippen LogP contribution in [0.3, 0.4) is 0 Å². The van der Waals surface area contributed by atoms with Crippen LogP contribution < -0.4 is 0 Å². The lowest BCUT2D eigenvalue weighted by atomic mass is 9.98. The molecule has 0 aromatic heterocycles. The maximum Gasteiger partial charge on any atom is 0.126 e. The summed E-state index contributed by atoms with van der Waals surface area (Å²) >= 11 is 0. The summed E-state index contributed by atoms with van der Waals surface area (Å²) in [5, 5.41) is 10.1. The molecule has 0 atom stereocenters. The van der Waals surface area contributed by atoms with Crippen LogP contribution in [-0.2, 0) is 6.42 Å². The van der Waals surface area contributed by atoms with Gasteiger partial charge in [-0.2, -0.15) is 0 Å². The summed E-state index contributed by atoms with van der Waals surface area (Å²) in [6.45, 7) is 11.5. The van der Waals surface area contributed by atoms with Crippen molar-refractivity contribution in [2.24, 2.45) is 0 Å². The first-order valence-corrected chi connectivity index (χ1v) is 5.34. The summed E-state index contributed by atoms with van der Waals surface area (Å²) in [4.78, 5) is 0. The molecular formula is C15H18O. The molecule has 84 valence electrons. The maximum atomic E-state index is 10.1. The smallest absolute Gasteiger partial charge is 0.126 e. The molecule has 0 aliphatic heterocycles. The van der Waals surface area contributed by atoms with Gasteiger partial charge in [0.05, 0.1) is 0 Å². The molecule has 1 aromatic carbocycles. The van der Waals surface area contributed by atoms with Gasteiger partial charge in [0.25, 0.3) is 0 Å². The third-order valence-electron chi connectivity index (χ3n) is 2.61. The Labute approximate surface area is 97.4 Å². The lowest BCUT2D eigenvalue weighted by Crippen LogP contribution is -1.91. The van der Waals surface area contributed by atoms with Gasteiger partial charge in [0.15, 0.2) is 0 Å². The number of phenolic OH excluding ortho intramolecular Hbond substituents is 1. The summed E-state index contributed by atoms with van der Waals surface area (Å²) in [6.07, 6.45) is 4.51. The minimum atomic E-state index is 0.330. The standard InChI is InChI=1S/C15H18O/c1-5-12(6-2)10-13-8-7-9-14(11(3)4)15(13)16/h5-9,16H,1,3,10H2,2,4H3/b12-6+. The number of benzene rings is 1. The molecule has 1 heteroatoms. The van der Waals surface area contributed by atoms with E-state index in [1.165, 1.54) is 0 Å². The highest BCUT2D eigenvalue weighted by Crippen LogP contribution is 2.29. The van der Waals surface area contributed by atoms with Crippen molar-refractivity contribution in [1.29, 1.82) is 0 Å². The van der Waals surface area contributed by atoms with Crippen LogP contribution in [0.25, 0.3) is 5.57 Å². The van der Waals surface area contributed by atoms with E-state index in [2.05, 4.69) is 13.2 Å². The van der Waals surface area contributed by atoms with Crippen LogP contribution in [0.5, 0.6) is 5.75 Å². The molecule has 0 aliphatic carbocycles. The first kappa shape index (κ1) is 12.3. The van der Waals surface area contributed by atoms with E-state index in [1.54, 1.807) is 0 Å². The molecule has 0 saturated carbocycles. The molecule has 1 rings (SSSR count). The van der Waals surface area contributed by atoms with Gasteiger partial charge in [0.2, 0.25) is 0 Å². The van der Waals surface area contributed by atoms with Crippen molar-refractivity contribution in [2.75, 3.05) is 0 Å². The Morgan fingerprint density at radius 1 is 1.44 bits per heavy atom. The summed E-state index contributed by atoms with van der Waals surface area (Å²) in [6, 6.07) is 5.74. The number of rotatable bonds is 4. The Morgan fingerprint density at radius 3 is 2.62 bits per heavy atom. The number of para-hydroxylation sites is 1. The molecule has 0 unspecified atom stereocenters. The van der Waals surface area contributed by atoms with Gasteiger partial charge in [-0.25, -0.2) is 0 Å². The fourth-order valence-corrected chi connectivity index (χ4v) is 1.59. The second kappa shape index (κ2) is 5.36. The lowest BCUT2D eigenvalue weighted by molar-refractivity contribution is 0.467. The highest BCUT2D eigenvalue weighted by atomic mass is 16.3. The van der Waals surface area contributed by atoms with Crippen LogP contribution in [0.15, 0.2) is 49.1 Å². The zero-order valence-corrected chi connectivity index (χ0v) is 9.96. The van der Waals surface area contributed by atoms with Crippen molar-refractivity contribution in [3.8, 4) is 5.75 Å². The topological polar surface area (TPSA) is 20.2 Å². The average Bonchev–Trinajstić information content (AvgIpc) is 2.27. The quantitative estimate of drug-likeness (QED) is 0.748. The molecule has 1 N–H and O–H groups in total. The molecule has 0 aliphatic rings. The van der Waals surface area contributed by atoms with E-state index in [9.17, 15) is 5.11 Å². The number of hydrogen-bond donors (Lipinski definition) is 1. The summed E-state index contributed by atoms with van der Waals surface area (Å²) in [7, 11) is 0. The highest BCUT2D eigenvalue weighted by Gasteiger charge is 2.07. The SMILES string of the molecule is C=C/C(=C\C)Cc1cccc(C(=C)C)c1O. The highest BCUT2D eigenvalue weighted by molar-refractivity contribution is 5.68. The van der Waals surface area contributed by atoms with Crippen LogP contribution >= 0.6 is 0 Å². The maximum absolute atomic E-state index is 10.1. The van der Waals surface area contributed by atoms with Gasteiger partial charge in [-0.1, -0.05) is 43.5 Å². The Kier molecular flexibility index (Phi) is 4.12. The van der Waals surface area contributed by atoms with Crippen molar-refractivity contribution in [3.05, 3.63) is 60.2 Å². The Morgan fingerprint density at radius 2 is 2.12 bits per heavy atom. The van der Waals surface area contributed by atoms with Gasteiger partial charge in [0.1, 0.15) is 5.75 Å². The molecule has 0 radical (unpaired) electrons. The second-order valence-electron chi connectivity index (χ2n) is 3.84. The first-order chi connectivity index (χ1) is 7.60. The minimum absolute atomic E-state index is 0.330. The average molecular weight is 214 g/mol. The van der Waals surface area contributed by atoms with E-state index in [1.807, 2.05) is 44.2 Å². The number of aromatic hydroxyl groups is 1. The summed E-state index contributed by atoms with van der Waals surface area (Å²) < 4.78 is 0. The normalized spacial score (nSPS) is 11.2. The van der Waals surface area contributed by atoms with Crippen molar-refractivity contribution in [2.45, 2.75) is 20.3 Å². The molecule has 1 aromatic rings. The first-order valence-electron chi connectivity index (χ1n) is 5.34. The van der Waals surface area contributed by atoms with Crippen LogP contribution in [0, 0.1) is 0 Å². The van der Waals surface area contributed by atoms with Gasteiger partial charge >= 0.3 is 0 Å². The van der Waals surface area contributed by atoms with Gasteiger partial charge < -0.3 is 5.11 Å². The number of phenols is 1. The molecule has 0 heterocycles. The van der Waals surface area contributed by atoms with Gasteiger partial charge in [0, 0.05) is 12.0 Å². The third kappa shape index (κ3) is 2.63. The number of allylic oxidation sites excluding steroid dienone is 4. The van der Waals surface area contributed by atoms with Crippen LogP contribution in [0.2, 0.25) is 0 Å². The fourth-order valence-electron chi connectivity index (χ4n) is 1.59. The van der Waals surface area contributed by atoms with E-state index in [-0.39, 0.29) is 0 Å². The second-order valence-corrected chi connectivity index (χ2v) is 3.84. The molecule has 0 saturated heterocycles. The van der Waals surface area contributed by atoms with Crippen molar-refractivity contribution in [1.82, 2.24) is 0 Å². The van der Waals surface area contributed by atoms with Gasteiger partial charge in [-0.05, 0) is 30.6 Å². The van der Waals surface area contributed by atoms with E-state index in [0.29, 0.717) is 12.2 Å². The fraction of sp³-hybridized carbons (Fsp3) is 0.200. The van der Waals surface area contributed by atoms with E-state index in [0.717, 1.165) is 22.3 Å². The Bertz CT molecular complexity index is 439. The molecular weight excluding hydrogens is 196 g/mol. The van der Waals surface area contributed by atoms with Crippen molar-refractivity contribution >= 4 is 5.57 Å². The van der Waals surface area contributed by atoms with Crippen LogP contribution in [0.4, 0.5) is 0 Å². The van der Waals surface area contributed by atoms with Gasteiger partial charge in [-0.3, -0.25) is 0 Å². The third-order valence-corrected chi connectivity index (χ3v) is 2.61. The molecule has 0 fully saturated rings. The largest absolute Gasteiger partial charge is 0.507 e. The lowest BCUT2D eigenvalue weighted by Gasteiger charge is -2.09. The van der Waals surface area contributed by atoms with Crippen LogP contribution in [0.1, 0.15) is 25.0 Å². The Balaban J connectivity index is 3.11. The predicted octanol–water partition coefficient (Wildman–Crippen LogP) is 4.10. The van der Waals surface area contributed by atoms with Crippen molar-refractivity contribution in [3.63, 3.8) is 0 Å². The zero-order valence-electron chi connectivity index (χ0n) is 9.96. The molecule has 0 amide bonds. The van der Waals surface area contributed by atoms with Crippen LogP contribution in [-0.4, -0.2) is 5.11 Å². The van der Waals surface area contributed by atoms with E-state index < -0.39 is 0 Å². The number of hydrogen-bond acceptors (Lipinski definition) is 1. The molecule has 0 spiro atoms. The summed E-state index contributed by atoms with van der Waals surface area (Å²) in [5.74, 6) is 0.330. The molecule has 1 nitrogen and oxygen atoms in total. The van der Waals surface area contributed by atoms with Gasteiger partial charge in [-0.15, -0.1) is 0 Å². The Hall–Kier alpha value is -1.76. The van der Waals surface area contributed by atoms with E-state index in [4.69, 9.17) is 0 Å². The zero-order chi connectivity index (χ0) is 12.1. The minimum Gasteiger partial charge on any atom is -0.507 e. The molecule has 16 heavy (non-hydrogen) atoms. The summed E-state index contributed by atoms with van der Waals surface area (Å²) in [5.41, 5.74) is 3.71. The van der Waals surface area contributed by atoms with E-state index >= 15 is 0 Å². The predicted molar refractivity (Wildman–Crippen MR) is 70.5 cm³/mol.